The first-order valence-electron chi connectivity index (χ1n) is 2.29. The quantitative estimate of drug-likeness (QED) is 0.687. The van der Waals surface area contributed by atoms with Crippen molar-refractivity contribution < 1.29 is 0 Å². The Bertz CT molecular complexity index is 210. The molecule has 1 aromatic rings. The lowest BCUT2D eigenvalue weighted by Gasteiger charge is -1.85. The number of anilines is 1. The second-order valence-corrected chi connectivity index (χ2v) is 3.05. The Morgan fingerprint density at radius 3 is 2.67 bits per heavy atom. The van der Waals surface area contributed by atoms with Crippen molar-refractivity contribution in [1.82, 2.24) is 10.2 Å². The molecule has 0 amide bonds. The third kappa shape index (κ3) is 1.21. The summed E-state index contributed by atoms with van der Waals surface area (Å²) in [5, 5.41) is 7.44. The Balaban J connectivity index is 3.04. The van der Waals surface area contributed by atoms with Gasteiger partial charge in [0, 0.05) is 0 Å². The van der Waals surface area contributed by atoms with E-state index in [0.717, 1.165) is 9.50 Å². The molecule has 0 unspecified atom stereocenters. The first-order valence-corrected chi connectivity index (χ1v) is 4.30. The molecule has 0 aliphatic heterocycles. The fourth-order valence-corrected chi connectivity index (χ4v) is 1.55. The number of aromatic nitrogens is 2. The van der Waals surface area contributed by atoms with Crippen molar-refractivity contribution in [3.8, 4) is 0 Å². The van der Waals surface area contributed by atoms with Crippen LogP contribution in [-0.4, -0.2) is 16.5 Å². The minimum absolute atomic E-state index is 0.583. The van der Waals surface area contributed by atoms with Crippen molar-refractivity contribution in [2.75, 3.05) is 12.0 Å². The van der Waals surface area contributed by atoms with Crippen LogP contribution in [0.2, 0.25) is 0 Å². The molecule has 3 nitrogen and oxygen atoms in total. The minimum Gasteiger partial charge on any atom is -0.383 e. The van der Waals surface area contributed by atoms with Gasteiger partial charge in [-0.1, -0.05) is 0 Å². The van der Waals surface area contributed by atoms with Gasteiger partial charge in [-0.2, -0.15) is 5.10 Å². The number of hydrogen-bond acceptors (Lipinski definition) is 3. The highest BCUT2D eigenvalue weighted by molar-refractivity contribution is 9.10. The van der Waals surface area contributed by atoms with Crippen molar-refractivity contribution in [2.45, 2.75) is 5.03 Å². The zero-order chi connectivity index (χ0) is 6.85. The maximum absolute atomic E-state index is 5.44. The van der Waals surface area contributed by atoms with Gasteiger partial charge in [-0.25, -0.2) is 0 Å². The lowest BCUT2D eigenvalue weighted by Crippen LogP contribution is -1.83. The zero-order valence-corrected chi connectivity index (χ0v) is 7.21. The van der Waals surface area contributed by atoms with Gasteiger partial charge < -0.3 is 5.73 Å². The Morgan fingerprint density at radius 1 is 1.78 bits per heavy atom. The number of halogens is 1. The predicted molar refractivity (Wildman–Crippen MR) is 42.5 cm³/mol. The second kappa shape index (κ2) is 2.62. The average Bonchev–Trinajstić information content (AvgIpc) is 2.15. The van der Waals surface area contributed by atoms with Crippen LogP contribution in [0.25, 0.3) is 0 Å². The zero-order valence-electron chi connectivity index (χ0n) is 4.81. The molecule has 0 bridgehead atoms. The Labute approximate surface area is 65.5 Å². The molecule has 1 aromatic heterocycles. The van der Waals surface area contributed by atoms with E-state index in [1.165, 1.54) is 0 Å². The Morgan fingerprint density at radius 2 is 2.44 bits per heavy atom. The van der Waals surface area contributed by atoms with Gasteiger partial charge in [0.25, 0.3) is 0 Å². The summed E-state index contributed by atoms with van der Waals surface area (Å²) in [6.07, 6.45) is 1.94. The van der Waals surface area contributed by atoms with Crippen LogP contribution in [0.4, 0.5) is 5.82 Å². The van der Waals surface area contributed by atoms with Gasteiger partial charge in [0.1, 0.15) is 10.8 Å². The van der Waals surface area contributed by atoms with E-state index >= 15 is 0 Å². The smallest absolute Gasteiger partial charge is 0.134 e. The van der Waals surface area contributed by atoms with Crippen LogP contribution < -0.4 is 5.73 Å². The molecule has 0 radical (unpaired) electrons. The van der Waals surface area contributed by atoms with Gasteiger partial charge in [0.05, 0.1) is 4.47 Å². The summed E-state index contributed by atoms with van der Waals surface area (Å²) in [6.45, 7) is 0. The van der Waals surface area contributed by atoms with E-state index in [2.05, 4.69) is 26.1 Å². The maximum atomic E-state index is 5.44. The van der Waals surface area contributed by atoms with Crippen molar-refractivity contribution in [2.24, 2.45) is 0 Å². The van der Waals surface area contributed by atoms with E-state index in [1.54, 1.807) is 11.8 Å². The van der Waals surface area contributed by atoms with Crippen LogP contribution >= 0.6 is 27.7 Å². The monoisotopic (exact) mass is 207 g/mol. The summed E-state index contributed by atoms with van der Waals surface area (Å²) in [5.74, 6) is 0.583. The van der Waals surface area contributed by atoms with Gasteiger partial charge >= 0.3 is 0 Å². The summed E-state index contributed by atoms with van der Waals surface area (Å²) in [5.41, 5.74) is 5.44. The third-order valence-corrected chi connectivity index (χ3v) is 2.64. The number of nitrogens with one attached hydrogen (secondary N) is 1. The lowest BCUT2D eigenvalue weighted by molar-refractivity contribution is 1.01. The molecule has 5 heteroatoms. The van der Waals surface area contributed by atoms with E-state index in [-0.39, 0.29) is 0 Å². The summed E-state index contributed by atoms with van der Waals surface area (Å²) in [7, 11) is 0. The van der Waals surface area contributed by atoms with Crippen LogP contribution in [0.3, 0.4) is 0 Å². The normalized spacial score (nSPS) is 10.0. The Kier molecular flexibility index (Phi) is 2.02. The standard InChI is InChI=1S/C4H6BrN3S/c1-9-4-2(5)3(6)7-8-4/h1H3,(H3,6,7,8). The van der Waals surface area contributed by atoms with Gasteiger partial charge in [0.2, 0.25) is 0 Å². The number of thioether (sulfide) groups is 1. The molecule has 3 N–H and O–H groups in total. The fourth-order valence-electron chi connectivity index (χ4n) is 0.460. The molecule has 9 heavy (non-hydrogen) atoms. The highest BCUT2D eigenvalue weighted by Crippen LogP contribution is 2.27. The van der Waals surface area contributed by atoms with Gasteiger partial charge in [-0.3, -0.25) is 5.10 Å². The topological polar surface area (TPSA) is 54.7 Å². The van der Waals surface area contributed by atoms with E-state index in [9.17, 15) is 0 Å². The summed E-state index contributed by atoms with van der Waals surface area (Å²) in [4.78, 5) is 0. The SMILES string of the molecule is CSc1n[nH]c(N)c1Br. The van der Waals surface area contributed by atoms with E-state index in [4.69, 9.17) is 5.73 Å². The molecule has 50 valence electrons. The summed E-state index contributed by atoms with van der Waals surface area (Å²) in [6, 6.07) is 0. The second-order valence-electron chi connectivity index (χ2n) is 1.46. The van der Waals surface area contributed by atoms with E-state index in [0.29, 0.717) is 5.82 Å². The molecule has 0 spiro atoms. The number of aromatic amines is 1. The van der Waals surface area contributed by atoms with Crippen molar-refractivity contribution >= 4 is 33.5 Å². The number of rotatable bonds is 1. The fraction of sp³-hybridized carbons (Fsp3) is 0.250. The third-order valence-electron chi connectivity index (χ3n) is 0.895. The van der Waals surface area contributed by atoms with Gasteiger partial charge in [-0.15, -0.1) is 11.8 Å². The molecular weight excluding hydrogens is 202 g/mol. The number of hydrogen-bond donors (Lipinski definition) is 2. The first-order chi connectivity index (χ1) is 4.25. The van der Waals surface area contributed by atoms with E-state index in [1.807, 2.05) is 6.26 Å². The highest BCUT2D eigenvalue weighted by Gasteiger charge is 2.04. The summed E-state index contributed by atoms with van der Waals surface area (Å²) < 4.78 is 0.856. The number of H-pyrrole nitrogens is 1. The van der Waals surface area contributed by atoms with Crippen molar-refractivity contribution in [3.63, 3.8) is 0 Å². The van der Waals surface area contributed by atoms with Crippen molar-refractivity contribution in [3.05, 3.63) is 4.47 Å². The molecule has 1 rings (SSSR count). The van der Waals surface area contributed by atoms with Crippen LogP contribution in [0.1, 0.15) is 0 Å². The van der Waals surface area contributed by atoms with Gasteiger partial charge in [0.15, 0.2) is 0 Å². The van der Waals surface area contributed by atoms with E-state index < -0.39 is 0 Å². The average molecular weight is 208 g/mol. The Hall–Kier alpha value is -0.160. The maximum Gasteiger partial charge on any atom is 0.134 e. The van der Waals surface area contributed by atoms with Crippen LogP contribution in [0, 0.1) is 0 Å². The lowest BCUT2D eigenvalue weighted by atomic mass is 10.7. The van der Waals surface area contributed by atoms with Gasteiger partial charge in [-0.05, 0) is 22.2 Å². The highest BCUT2D eigenvalue weighted by atomic mass is 79.9. The molecule has 0 saturated carbocycles. The minimum atomic E-state index is 0.583. The molecule has 0 aliphatic carbocycles. The van der Waals surface area contributed by atoms with Crippen LogP contribution in [0.5, 0.6) is 0 Å². The molecule has 0 saturated heterocycles. The predicted octanol–water partition coefficient (Wildman–Crippen LogP) is 1.48. The summed E-state index contributed by atoms with van der Waals surface area (Å²) >= 11 is 4.82. The van der Waals surface area contributed by atoms with Crippen LogP contribution in [0.15, 0.2) is 9.50 Å². The molecule has 1 heterocycles. The first kappa shape index (κ1) is 6.95. The molecular formula is C4H6BrN3S. The molecule has 0 aromatic carbocycles. The molecule has 0 fully saturated rings. The number of nitrogen functional groups attached to an aromatic ring is 1. The number of nitrogens with two attached hydrogens (primary N) is 1. The van der Waals surface area contributed by atoms with Crippen LogP contribution in [-0.2, 0) is 0 Å². The largest absolute Gasteiger partial charge is 0.383 e. The van der Waals surface area contributed by atoms with Crippen molar-refractivity contribution in [1.29, 1.82) is 0 Å². The molecule has 0 aliphatic rings. The number of nitrogens with zero attached hydrogens (tertiary/aromatic N) is 1. The molecule has 0 atom stereocenters.